The van der Waals surface area contributed by atoms with Crippen LogP contribution in [0.25, 0.3) is 21.5 Å². The molecule has 0 bridgehead atoms. The molecule has 8 nitrogen and oxygen atoms in total. The minimum Gasteiger partial charge on any atom is -0.390 e. The van der Waals surface area contributed by atoms with Crippen molar-refractivity contribution >= 4 is 40.1 Å². The number of carbonyl (C=O) groups is 2. The minimum atomic E-state index is -0.207. The molecule has 1 spiro atoms. The van der Waals surface area contributed by atoms with Gasteiger partial charge in [0.05, 0.1) is 28.2 Å². The van der Waals surface area contributed by atoms with Gasteiger partial charge in [-0.1, -0.05) is 18.7 Å². The number of nitrogens with zero attached hydrogens (tertiary/aromatic N) is 4. The van der Waals surface area contributed by atoms with Crippen LogP contribution < -0.4 is 5.32 Å². The highest BCUT2D eigenvalue weighted by molar-refractivity contribution is 7.17. The topological polar surface area (TPSA) is 100 Å². The van der Waals surface area contributed by atoms with Crippen LogP contribution in [0.2, 0.25) is 0 Å². The van der Waals surface area contributed by atoms with E-state index in [1.54, 1.807) is 6.20 Å². The molecular formula is C28H27N5O3S. The number of fused-ring (bicyclic) bond motifs is 1. The summed E-state index contributed by atoms with van der Waals surface area (Å²) in [5.74, 6) is 0.336. The van der Waals surface area contributed by atoms with Gasteiger partial charge < -0.3 is 14.6 Å². The maximum absolute atomic E-state index is 13.3. The number of aliphatic hydroxyl groups excluding tert-OH is 1. The maximum atomic E-state index is 13.3. The molecule has 3 aromatic heterocycles. The van der Waals surface area contributed by atoms with E-state index >= 15 is 0 Å². The summed E-state index contributed by atoms with van der Waals surface area (Å²) in [5.41, 5.74) is 3.46. The van der Waals surface area contributed by atoms with Crippen LogP contribution in [0.4, 0.5) is 5.95 Å². The normalized spacial score (nSPS) is 20.8. The first kappa shape index (κ1) is 23.6. The molecule has 2 aliphatic rings. The number of thiophene rings is 1. The predicted molar refractivity (Wildman–Crippen MR) is 143 cm³/mol. The van der Waals surface area contributed by atoms with Crippen LogP contribution in [0.15, 0.2) is 67.4 Å². The summed E-state index contributed by atoms with van der Waals surface area (Å²) >= 11 is 1.39. The van der Waals surface area contributed by atoms with Gasteiger partial charge in [0.1, 0.15) is 0 Å². The van der Waals surface area contributed by atoms with E-state index in [2.05, 4.69) is 21.4 Å². The second kappa shape index (κ2) is 9.24. The van der Waals surface area contributed by atoms with Crippen LogP contribution in [-0.2, 0) is 11.4 Å². The number of imidazole rings is 1. The number of anilines is 1. The molecule has 0 radical (unpaired) electrons. The summed E-state index contributed by atoms with van der Waals surface area (Å²) in [5, 5.41) is 12.4. The third kappa shape index (κ3) is 4.24. The molecule has 1 aliphatic carbocycles. The Bertz CT molecular complexity index is 1520. The third-order valence-electron chi connectivity index (χ3n) is 7.54. The second-order valence-corrected chi connectivity index (χ2v) is 11.0. The number of amides is 2. The van der Waals surface area contributed by atoms with Gasteiger partial charge in [0.2, 0.25) is 11.9 Å². The Labute approximate surface area is 218 Å². The molecule has 1 saturated carbocycles. The van der Waals surface area contributed by atoms with Gasteiger partial charge in [-0.05, 0) is 72.7 Å². The summed E-state index contributed by atoms with van der Waals surface area (Å²) in [6, 6.07) is 15.5. The molecule has 2 N–H and O–H groups in total. The van der Waals surface area contributed by atoms with E-state index in [1.807, 2.05) is 53.4 Å². The first-order valence-corrected chi connectivity index (χ1v) is 13.2. The van der Waals surface area contributed by atoms with Crippen molar-refractivity contribution in [2.24, 2.45) is 5.41 Å². The lowest BCUT2D eigenvalue weighted by Crippen LogP contribution is -2.42. The summed E-state index contributed by atoms with van der Waals surface area (Å²) < 4.78 is 2.15. The average Bonchev–Trinajstić information content (AvgIpc) is 3.64. The third-order valence-corrected chi connectivity index (χ3v) is 8.67. The van der Waals surface area contributed by atoms with Crippen molar-refractivity contribution in [2.75, 3.05) is 18.4 Å². The first-order chi connectivity index (χ1) is 18.0. The summed E-state index contributed by atoms with van der Waals surface area (Å²) in [6.07, 6.45) is 5.92. The first-order valence-electron chi connectivity index (χ1n) is 12.3. The Morgan fingerprint density at radius 1 is 1.22 bits per heavy atom. The van der Waals surface area contributed by atoms with Crippen LogP contribution in [0.3, 0.4) is 0 Å². The molecule has 0 unspecified atom stereocenters. The molecule has 0 atom stereocenters. The molecule has 1 aromatic carbocycles. The van der Waals surface area contributed by atoms with E-state index in [9.17, 15) is 14.7 Å². The molecule has 1 saturated heterocycles. The highest BCUT2D eigenvalue weighted by Gasteiger charge is 2.50. The monoisotopic (exact) mass is 513 g/mol. The number of rotatable bonds is 6. The van der Waals surface area contributed by atoms with Crippen molar-refractivity contribution in [3.8, 4) is 10.4 Å². The number of aromatic nitrogens is 3. The minimum absolute atomic E-state index is 0.00368. The van der Waals surface area contributed by atoms with Gasteiger partial charge in [-0.25, -0.2) is 4.98 Å². The molecule has 37 heavy (non-hydrogen) atoms. The summed E-state index contributed by atoms with van der Waals surface area (Å²) in [7, 11) is 0. The van der Waals surface area contributed by atoms with Crippen LogP contribution in [0.5, 0.6) is 0 Å². The van der Waals surface area contributed by atoms with E-state index in [1.165, 1.54) is 17.4 Å². The largest absolute Gasteiger partial charge is 0.390 e. The fraction of sp³-hybridized carbons (Fsp3) is 0.286. The van der Waals surface area contributed by atoms with Gasteiger partial charge in [-0.2, -0.15) is 0 Å². The van der Waals surface area contributed by atoms with Gasteiger partial charge in [-0.15, -0.1) is 11.3 Å². The Morgan fingerprint density at radius 2 is 2.05 bits per heavy atom. The average molecular weight is 514 g/mol. The quantitative estimate of drug-likeness (QED) is 0.366. The second-order valence-electron chi connectivity index (χ2n) is 9.88. The van der Waals surface area contributed by atoms with Crippen LogP contribution in [0, 0.1) is 5.41 Å². The molecular weight excluding hydrogens is 486 g/mol. The summed E-state index contributed by atoms with van der Waals surface area (Å²) in [6.45, 7) is 5.02. The molecule has 2 fully saturated rings. The van der Waals surface area contributed by atoms with Gasteiger partial charge >= 0.3 is 0 Å². The van der Waals surface area contributed by atoms with E-state index in [-0.39, 0.29) is 29.9 Å². The Balaban J connectivity index is 1.23. The van der Waals surface area contributed by atoms with Crippen molar-refractivity contribution < 1.29 is 14.7 Å². The van der Waals surface area contributed by atoms with Gasteiger partial charge in [0.25, 0.3) is 5.91 Å². The number of para-hydroxylation sites is 2. The van der Waals surface area contributed by atoms with Crippen molar-refractivity contribution in [1.82, 2.24) is 19.4 Å². The molecule has 4 heterocycles. The van der Waals surface area contributed by atoms with Crippen molar-refractivity contribution in [1.29, 1.82) is 0 Å². The zero-order valence-corrected chi connectivity index (χ0v) is 21.1. The number of hydrogen-bond donors (Lipinski definition) is 2. The highest BCUT2D eigenvalue weighted by Crippen LogP contribution is 2.55. The van der Waals surface area contributed by atoms with E-state index in [4.69, 9.17) is 4.98 Å². The SMILES string of the molecule is C=CC(=O)N1CC[C@]2(C1)C[C@H](n1c(NC(=O)c3ccc(-c4ccnc(CO)c4)s3)nc3ccccc31)C2. The van der Waals surface area contributed by atoms with Gasteiger partial charge in [0.15, 0.2) is 0 Å². The summed E-state index contributed by atoms with van der Waals surface area (Å²) in [4.78, 5) is 37.7. The molecule has 2 amide bonds. The number of likely N-dealkylation sites (tertiary alicyclic amines) is 1. The zero-order chi connectivity index (χ0) is 25.6. The van der Waals surface area contributed by atoms with Gasteiger partial charge in [0, 0.05) is 30.2 Å². The Hall–Kier alpha value is -3.82. The van der Waals surface area contributed by atoms with Crippen molar-refractivity contribution in [3.05, 3.63) is 78.0 Å². The lowest BCUT2D eigenvalue weighted by molar-refractivity contribution is -0.125. The van der Waals surface area contributed by atoms with E-state index in [0.29, 0.717) is 16.5 Å². The number of pyridine rings is 1. The predicted octanol–water partition coefficient (Wildman–Crippen LogP) is 4.64. The number of carbonyl (C=O) groups excluding carboxylic acids is 2. The zero-order valence-electron chi connectivity index (χ0n) is 20.3. The molecule has 6 rings (SSSR count). The number of nitrogens with one attached hydrogen (secondary N) is 1. The fourth-order valence-corrected chi connectivity index (χ4v) is 6.60. The molecule has 188 valence electrons. The van der Waals surface area contributed by atoms with Crippen LogP contribution >= 0.6 is 11.3 Å². The lowest BCUT2D eigenvalue weighted by Gasteiger charge is -2.46. The molecule has 9 heteroatoms. The fourth-order valence-electron chi connectivity index (χ4n) is 5.71. The standard InChI is InChI=1S/C28H27N5O3S/c1-2-25(35)32-12-10-28(17-32)14-20(15-28)33-22-6-4-3-5-21(22)30-27(33)31-26(36)24-8-7-23(37-24)18-9-11-29-19(13-18)16-34/h2-9,11,13,20,34H,1,10,12,14-17H2,(H,30,31,36)/t20-,28-. The van der Waals surface area contributed by atoms with Crippen molar-refractivity contribution in [2.45, 2.75) is 31.9 Å². The maximum Gasteiger partial charge on any atom is 0.268 e. The van der Waals surface area contributed by atoms with Crippen molar-refractivity contribution in [3.63, 3.8) is 0 Å². The lowest BCUT2D eigenvalue weighted by atomic mass is 9.65. The number of hydrogen-bond acceptors (Lipinski definition) is 6. The molecule has 1 aliphatic heterocycles. The van der Waals surface area contributed by atoms with Crippen LogP contribution in [0.1, 0.15) is 40.7 Å². The van der Waals surface area contributed by atoms with E-state index < -0.39 is 0 Å². The number of benzene rings is 1. The molecule has 4 aromatic rings. The Morgan fingerprint density at radius 3 is 2.86 bits per heavy atom. The smallest absolute Gasteiger partial charge is 0.268 e. The number of aliphatic hydroxyl groups is 1. The van der Waals surface area contributed by atoms with E-state index in [0.717, 1.165) is 53.8 Å². The van der Waals surface area contributed by atoms with Crippen LogP contribution in [-0.4, -0.2) is 49.4 Å². The van der Waals surface area contributed by atoms with Gasteiger partial charge in [-0.3, -0.25) is 19.9 Å². The highest BCUT2D eigenvalue weighted by atomic mass is 32.1. The Kier molecular flexibility index (Phi) is 5.89.